The van der Waals surface area contributed by atoms with Crippen LogP contribution in [0.3, 0.4) is 0 Å². The molecule has 33 heavy (non-hydrogen) atoms. The van der Waals surface area contributed by atoms with Gasteiger partial charge >= 0.3 is 7.12 Å². The van der Waals surface area contributed by atoms with Gasteiger partial charge in [-0.3, -0.25) is 19.8 Å². The third-order valence-electron chi connectivity index (χ3n) is 5.63. The van der Waals surface area contributed by atoms with E-state index < -0.39 is 18.9 Å². The van der Waals surface area contributed by atoms with Crippen LogP contribution >= 0.6 is 0 Å². The number of amides is 2. The fourth-order valence-electron chi connectivity index (χ4n) is 3.88. The van der Waals surface area contributed by atoms with E-state index in [2.05, 4.69) is 5.43 Å². The van der Waals surface area contributed by atoms with Gasteiger partial charge in [-0.1, -0.05) is 39.8 Å². The van der Waals surface area contributed by atoms with Gasteiger partial charge in [-0.25, -0.2) is 5.01 Å². The van der Waals surface area contributed by atoms with Crippen molar-refractivity contribution in [2.45, 2.75) is 47.1 Å². The molecule has 0 radical (unpaired) electrons. The number of nitrogens with zero attached hydrogens (tertiary/aromatic N) is 1. The van der Waals surface area contributed by atoms with E-state index in [0.29, 0.717) is 29.6 Å². The van der Waals surface area contributed by atoms with Gasteiger partial charge in [0.15, 0.2) is 0 Å². The standard InChI is InChI=1S/C24H31BN2O6/c1-7-21(24(3,4)5)27(26-22(29)18-9-8-10-20(33-6)15(18)2)23(30)16-11-12-17(14-28)19(13-16)25(31)32/h8-14,21,31-32H,7H2,1-6H3,(H,26,29)/t21-/m1/s1. The third kappa shape index (κ3) is 5.80. The summed E-state index contributed by atoms with van der Waals surface area (Å²) in [7, 11) is -0.409. The van der Waals surface area contributed by atoms with Gasteiger partial charge in [0, 0.05) is 22.3 Å². The molecule has 2 amide bonds. The molecule has 0 fully saturated rings. The SMILES string of the molecule is CC[C@@H](N(NC(=O)c1cccc(OC)c1C)C(=O)c1ccc(C=O)c(B(O)O)c1)C(C)(C)C. The van der Waals surface area contributed by atoms with Crippen molar-refractivity contribution in [1.29, 1.82) is 0 Å². The maximum absolute atomic E-state index is 13.6. The van der Waals surface area contributed by atoms with E-state index in [1.54, 1.807) is 25.1 Å². The fourth-order valence-corrected chi connectivity index (χ4v) is 3.88. The first-order valence-corrected chi connectivity index (χ1v) is 10.7. The lowest BCUT2D eigenvalue weighted by molar-refractivity contribution is 0.0284. The first-order chi connectivity index (χ1) is 15.5. The summed E-state index contributed by atoms with van der Waals surface area (Å²) >= 11 is 0. The Kier molecular flexibility index (Phi) is 8.41. The average molecular weight is 454 g/mol. The number of aldehydes is 1. The van der Waals surface area contributed by atoms with Crippen molar-refractivity contribution in [3.05, 3.63) is 58.7 Å². The molecule has 1 atom stereocenters. The number of rotatable bonds is 7. The normalized spacial score (nSPS) is 12.0. The van der Waals surface area contributed by atoms with E-state index in [1.165, 1.54) is 30.3 Å². The summed E-state index contributed by atoms with van der Waals surface area (Å²) in [5.41, 5.74) is 3.44. The van der Waals surface area contributed by atoms with E-state index >= 15 is 0 Å². The Bertz CT molecular complexity index is 1030. The van der Waals surface area contributed by atoms with E-state index in [1.807, 2.05) is 27.7 Å². The molecule has 9 heteroatoms. The number of nitrogens with one attached hydrogen (secondary N) is 1. The maximum Gasteiger partial charge on any atom is 0.489 e. The molecular formula is C24H31BN2O6. The molecule has 8 nitrogen and oxygen atoms in total. The molecule has 3 N–H and O–H groups in total. The number of hydrogen-bond acceptors (Lipinski definition) is 6. The monoisotopic (exact) mass is 454 g/mol. The third-order valence-corrected chi connectivity index (χ3v) is 5.63. The molecule has 0 bridgehead atoms. The van der Waals surface area contributed by atoms with Gasteiger partial charge in [0.2, 0.25) is 0 Å². The molecule has 0 unspecified atom stereocenters. The van der Waals surface area contributed by atoms with Gasteiger partial charge in [-0.05, 0) is 48.5 Å². The number of hydrogen-bond donors (Lipinski definition) is 3. The molecule has 2 aromatic carbocycles. The summed E-state index contributed by atoms with van der Waals surface area (Å²) in [6.07, 6.45) is 1.03. The fraction of sp³-hybridized carbons (Fsp3) is 0.375. The van der Waals surface area contributed by atoms with Crippen LogP contribution in [-0.4, -0.2) is 53.4 Å². The number of ether oxygens (including phenoxy) is 1. The van der Waals surface area contributed by atoms with Crippen LogP contribution in [0.5, 0.6) is 5.75 Å². The topological polar surface area (TPSA) is 116 Å². The van der Waals surface area contributed by atoms with E-state index in [4.69, 9.17) is 4.74 Å². The van der Waals surface area contributed by atoms with Crippen LogP contribution in [0.25, 0.3) is 0 Å². The first-order valence-electron chi connectivity index (χ1n) is 10.7. The van der Waals surface area contributed by atoms with Crippen molar-refractivity contribution in [1.82, 2.24) is 10.4 Å². The van der Waals surface area contributed by atoms with Crippen LogP contribution in [0.4, 0.5) is 0 Å². The molecule has 0 aromatic heterocycles. The Morgan fingerprint density at radius 3 is 2.39 bits per heavy atom. The quantitative estimate of drug-likeness (QED) is 0.335. The Hall–Kier alpha value is -3.17. The van der Waals surface area contributed by atoms with Gasteiger partial charge in [-0.15, -0.1) is 0 Å². The summed E-state index contributed by atoms with van der Waals surface area (Å²) < 4.78 is 5.30. The number of carbonyl (C=O) groups excluding carboxylic acids is 3. The van der Waals surface area contributed by atoms with Crippen LogP contribution in [0.15, 0.2) is 36.4 Å². The largest absolute Gasteiger partial charge is 0.496 e. The van der Waals surface area contributed by atoms with Gasteiger partial charge in [-0.2, -0.15) is 0 Å². The van der Waals surface area contributed by atoms with Crippen LogP contribution in [-0.2, 0) is 0 Å². The minimum Gasteiger partial charge on any atom is -0.496 e. The minimum absolute atomic E-state index is 0.0620. The lowest BCUT2D eigenvalue weighted by atomic mass is 9.76. The zero-order valence-corrected chi connectivity index (χ0v) is 19.9. The minimum atomic E-state index is -1.93. The van der Waals surface area contributed by atoms with Crippen molar-refractivity contribution < 1.29 is 29.2 Å². The smallest absolute Gasteiger partial charge is 0.489 e. The maximum atomic E-state index is 13.6. The predicted molar refractivity (Wildman–Crippen MR) is 127 cm³/mol. The van der Waals surface area contributed by atoms with Crippen molar-refractivity contribution in [3.8, 4) is 5.75 Å². The molecule has 0 heterocycles. The molecule has 0 spiro atoms. The van der Waals surface area contributed by atoms with Crippen LogP contribution in [0.2, 0.25) is 0 Å². The molecule has 0 aliphatic carbocycles. The van der Waals surface area contributed by atoms with Crippen molar-refractivity contribution >= 4 is 30.7 Å². The number of carbonyl (C=O) groups is 3. The number of methoxy groups -OCH3 is 1. The second-order valence-corrected chi connectivity index (χ2v) is 8.87. The highest BCUT2D eigenvalue weighted by Gasteiger charge is 2.35. The highest BCUT2D eigenvalue weighted by atomic mass is 16.5. The summed E-state index contributed by atoms with van der Waals surface area (Å²) in [5, 5.41) is 20.5. The molecule has 0 saturated carbocycles. The summed E-state index contributed by atoms with van der Waals surface area (Å²) in [6.45, 7) is 9.56. The van der Waals surface area contributed by atoms with Crippen molar-refractivity contribution in [2.75, 3.05) is 7.11 Å². The van der Waals surface area contributed by atoms with Gasteiger partial charge < -0.3 is 14.8 Å². The number of benzene rings is 2. The molecule has 2 aromatic rings. The molecular weight excluding hydrogens is 423 g/mol. The first kappa shape index (κ1) is 26.1. The Labute approximate surface area is 194 Å². The molecule has 2 rings (SSSR count). The lowest BCUT2D eigenvalue weighted by Crippen LogP contribution is -2.56. The Balaban J connectivity index is 2.54. The lowest BCUT2D eigenvalue weighted by Gasteiger charge is -2.39. The molecule has 0 aliphatic rings. The Morgan fingerprint density at radius 2 is 1.88 bits per heavy atom. The van der Waals surface area contributed by atoms with E-state index in [0.717, 1.165) is 0 Å². The van der Waals surface area contributed by atoms with Gasteiger partial charge in [0.25, 0.3) is 11.8 Å². The highest BCUT2D eigenvalue weighted by Crippen LogP contribution is 2.28. The summed E-state index contributed by atoms with van der Waals surface area (Å²) in [6, 6.07) is 8.72. The summed E-state index contributed by atoms with van der Waals surface area (Å²) in [4.78, 5) is 38.0. The second kappa shape index (κ2) is 10.6. The van der Waals surface area contributed by atoms with Crippen LogP contribution in [0, 0.1) is 12.3 Å². The zero-order chi connectivity index (χ0) is 24.9. The summed E-state index contributed by atoms with van der Waals surface area (Å²) in [5.74, 6) is -0.464. The molecule has 0 aliphatic heterocycles. The van der Waals surface area contributed by atoms with Gasteiger partial charge in [0.1, 0.15) is 12.0 Å². The van der Waals surface area contributed by atoms with Crippen molar-refractivity contribution in [3.63, 3.8) is 0 Å². The molecule has 0 saturated heterocycles. The number of hydrazine groups is 1. The highest BCUT2D eigenvalue weighted by molar-refractivity contribution is 6.60. The van der Waals surface area contributed by atoms with E-state index in [-0.39, 0.29) is 28.0 Å². The Morgan fingerprint density at radius 1 is 1.21 bits per heavy atom. The predicted octanol–water partition coefficient (Wildman–Crippen LogP) is 2.11. The average Bonchev–Trinajstić information content (AvgIpc) is 2.76. The second-order valence-electron chi connectivity index (χ2n) is 8.87. The van der Waals surface area contributed by atoms with Gasteiger partial charge in [0.05, 0.1) is 13.2 Å². The van der Waals surface area contributed by atoms with Crippen LogP contribution < -0.4 is 15.6 Å². The van der Waals surface area contributed by atoms with Crippen LogP contribution in [0.1, 0.15) is 70.8 Å². The van der Waals surface area contributed by atoms with Crippen molar-refractivity contribution in [2.24, 2.45) is 5.41 Å². The zero-order valence-electron chi connectivity index (χ0n) is 19.9. The van der Waals surface area contributed by atoms with E-state index in [9.17, 15) is 24.4 Å². The molecule has 176 valence electrons.